The molecule has 0 saturated carbocycles. The van der Waals surface area contributed by atoms with Crippen LogP contribution in [0.25, 0.3) is 5.76 Å². The van der Waals surface area contributed by atoms with Crippen molar-refractivity contribution in [3.63, 3.8) is 0 Å². The molecule has 9 nitrogen and oxygen atoms in total. The average molecular weight is 438 g/mol. The summed E-state index contributed by atoms with van der Waals surface area (Å²) >= 11 is 0. The molecule has 0 unspecified atom stereocenters. The summed E-state index contributed by atoms with van der Waals surface area (Å²) in [7, 11) is 0. The number of aryl methyl sites for hydroxylation is 2. The van der Waals surface area contributed by atoms with Crippen molar-refractivity contribution in [3.8, 4) is 0 Å². The van der Waals surface area contributed by atoms with Crippen molar-refractivity contribution in [3.05, 3.63) is 58.9 Å². The summed E-state index contributed by atoms with van der Waals surface area (Å²) < 4.78 is 5.38. The van der Waals surface area contributed by atoms with E-state index in [1.807, 2.05) is 0 Å². The van der Waals surface area contributed by atoms with Crippen molar-refractivity contribution in [2.45, 2.75) is 26.3 Å². The van der Waals surface area contributed by atoms with E-state index in [1.165, 1.54) is 6.20 Å². The maximum atomic E-state index is 13.1. The number of carbonyl (C=O) groups is 2. The standard InChI is InChI=1S/C23H27N5O4/c1-15-18(14-25-16(2)26-15)21(29)19-20(17-4-6-24-7-5-17)28(23(31)22(19)30)9-3-8-27-10-12-32-13-11-27/h4-7,14,20,29H,3,8-13H2,1-2H3/b21-19+/t20-/m0/s1. The van der Waals surface area contributed by atoms with Gasteiger partial charge in [-0.3, -0.25) is 19.5 Å². The number of morpholine rings is 1. The molecule has 32 heavy (non-hydrogen) atoms. The second kappa shape index (κ2) is 9.54. The SMILES string of the molecule is Cc1ncc(/C(O)=C2\C(=O)C(=O)N(CCCN3CCOCC3)[C@H]2c2ccncc2)c(C)n1. The molecule has 168 valence electrons. The summed E-state index contributed by atoms with van der Waals surface area (Å²) in [5, 5.41) is 11.1. The minimum atomic E-state index is -0.698. The van der Waals surface area contributed by atoms with Gasteiger partial charge in [-0.25, -0.2) is 9.97 Å². The first-order valence-electron chi connectivity index (χ1n) is 10.8. The molecule has 2 fully saturated rings. The van der Waals surface area contributed by atoms with Gasteiger partial charge in [-0.1, -0.05) is 0 Å². The van der Waals surface area contributed by atoms with Crippen molar-refractivity contribution in [1.29, 1.82) is 0 Å². The Balaban J connectivity index is 1.67. The van der Waals surface area contributed by atoms with E-state index in [9.17, 15) is 14.7 Å². The lowest BCUT2D eigenvalue weighted by Crippen LogP contribution is -2.38. The predicted octanol–water partition coefficient (Wildman–Crippen LogP) is 1.63. The summed E-state index contributed by atoms with van der Waals surface area (Å²) in [6.45, 7) is 7.83. The number of hydrogen-bond donors (Lipinski definition) is 1. The molecule has 0 aromatic carbocycles. The maximum absolute atomic E-state index is 13.1. The number of nitrogens with zero attached hydrogens (tertiary/aromatic N) is 5. The fourth-order valence-electron chi connectivity index (χ4n) is 4.25. The molecule has 2 aliphatic heterocycles. The highest BCUT2D eigenvalue weighted by molar-refractivity contribution is 6.46. The van der Waals surface area contributed by atoms with Crippen LogP contribution in [0.3, 0.4) is 0 Å². The summed E-state index contributed by atoms with van der Waals surface area (Å²) in [6.07, 6.45) is 5.43. The molecule has 4 rings (SSSR count). The van der Waals surface area contributed by atoms with Crippen molar-refractivity contribution in [1.82, 2.24) is 24.8 Å². The molecule has 9 heteroatoms. The second-order valence-electron chi connectivity index (χ2n) is 8.00. The second-order valence-corrected chi connectivity index (χ2v) is 8.00. The number of carbonyl (C=O) groups excluding carboxylic acids is 2. The summed E-state index contributed by atoms with van der Waals surface area (Å²) in [5.74, 6) is -0.997. The summed E-state index contributed by atoms with van der Waals surface area (Å²) in [6, 6.07) is 2.83. The lowest BCUT2D eigenvalue weighted by Gasteiger charge is -2.29. The first-order chi connectivity index (χ1) is 15.5. The zero-order valence-corrected chi connectivity index (χ0v) is 18.3. The molecule has 2 saturated heterocycles. The Kier molecular flexibility index (Phi) is 6.57. The van der Waals surface area contributed by atoms with Crippen molar-refractivity contribution < 1.29 is 19.4 Å². The van der Waals surface area contributed by atoms with Gasteiger partial charge in [-0.05, 0) is 38.0 Å². The minimum Gasteiger partial charge on any atom is -0.507 e. The number of ketones is 1. The van der Waals surface area contributed by atoms with E-state index in [0.29, 0.717) is 43.3 Å². The molecule has 2 aliphatic rings. The van der Waals surface area contributed by atoms with Gasteiger partial charge in [0.1, 0.15) is 11.6 Å². The van der Waals surface area contributed by atoms with Crippen LogP contribution in [-0.4, -0.2) is 80.9 Å². The zero-order chi connectivity index (χ0) is 22.7. The van der Waals surface area contributed by atoms with Gasteiger partial charge in [-0.15, -0.1) is 0 Å². The highest BCUT2D eigenvalue weighted by Crippen LogP contribution is 2.39. The van der Waals surface area contributed by atoms with Crippen LogP contribution in [0.4, 0.5) is 0 Å². The van der Waals surface area contributed by atoms with Crippen molar-refractivity contribution in [2.24, 2.45) is 0 Å². The Morgan fingerprint density at radius 2 is 1.88 bits per heavy atom. The Bertz CT molecular complexity index is 1030. The molecular formula is C23H27N5O4. The summed E-state index contributed by atoms with van der Waals surface area (Å²) in [4.78, 5) is 42.4. The maximum Gasteiger partial charge on any atom is 0.295 e. The van der Waals surface area contributed by atoms with Crippen LogP contribution >= 0.6 is 0 Å². The van der Waals surface area contributed by atoms with Crippen molar-refractivity contribution in [2.75, 3.05) is 39.4 Å². The van der Waals surface area contributed by atoms with Crippen LogP contribution in [0.15, 0.2) is 36.3 Å². The van der Waals surface area contributed by atoms with Gasteiger partial charge in [0.2, 0.25) is 0 Å². The number of hydrogen-bond acceptors (Lipinski definition) is 8. The van der Waals surface area contributed by atoms with Gasteiger partial charge >= 0.3 is 0 Å². The molecule has 4 heterocycles. The third-order valence-electron chi connectivity index (χ3n) is 5.89. The molecule has 0 radical (unpaired) electrons. The van der Waals surface area contributed by atoms with Gasteiger partial charge in [0.05, 0.1) is 36.1 Å². The molecule has 1 amide bonds. The van der Waals surface area contributed by atoms with Crippen LogP contribution in [0.2, 0.25) is 0 Å². The topological polar surface area (TPSA) is 109 Å². The summed E-state index contributed by atoms with van der Waals surface area (Å²) in [5.41, 5.74) is 1.67. The third kappa shape index (κ3) is 4.39. The minimum absolute atomic E-state index is 0.0584. The normalized spacial score (nSPS) is 21.3. The predicted molar refractivity (Wildman–Crippen MR) is 117 cm³/mol. The third-order valence-corrected chi connectivity index (χ3v) is 5.89. The van der Waals surface area contributed by atoms with Crippen LogP contribution in [0.1, 0.15) is 35.1 Å². The van der Waals surface area contributed by atoms with Gasteiger partial charge in [-0.2, -0.15) is 0 Å². The number of rotatable bonds is 6. The van der Waals surface area contributed by atoms with Gasteiger partial charge in [0.25, 0.3) is 11.7 Å². The van der Waals surface area contributed by atoms with E-state index in [0.717, 1.165) is 25.2 Å². The first-order valence-corrected chi connectivity index (χ1v) is 10.8. The monoisotopic (exact) mass is 437 g/mol. The molecule has 0 bridgehead atoms. The largest absolute Gasteiger partial charge is 0.507 e. The van der Waals surface area contributed by atoms with Crippen LogP contribution in [0, 0.1) is 13.8 Å². The fourth-order valence-corrected chi connectivity index (χ4v) is 4.25. The number of amides is 1. The van der Waals surface area contributed by atoms with Gasteiger partial charge in [0, 0.05) is 44.8 Å². The van der Waals surface area contributed by atoms with E-state index in [1.54, 1.807) is 43.3 Å². The number of likely N-dealkylation sites (tertiary alicyclic amines) is 1. The molecule has 2 aromatic rings. The van der Waals surface area contributed by atoms with Crippen molar-refractivity contribution >= 4 is 17.4 Å². The number of pyridine rings is 1. The number of aliphatic hydroxyl groups excluding tert-OH is 1. The van der Waals surface area contributed by atoms with E-state index >= 15 is 0 Å². The number of Topliss-reactive ketones (excluding diaryl/α,β-unsaturated/α-hetero) is 1. The van der Waals surface area contributed by atoms with Gasteiger partial charge < -0.3 is 14.7 Å². The Morgan fingerprint density at radius 3 is 2.56 bits per heavy atom. The lowest BCUT2D eigenvalue weighted by atomic mass is 9.96. The Morgan fingerprint density at radius 1 is 1.16 bits per heavy atom. The molecule has 0 spiro atoms. The smallest absolute Gasteiger partial charge is 0.295 e. The van der Waals surface area contributed by atoms with E-state index < -0.39 is 17.7 Å². The molecule has 1 atom stereocenters. The molecular weight excluding hydrogens is 410 g/mol. The van der Waals surface area contributed by atoms with E-state index in [4.69, 9.17) is 4.74 Å². The highest BCUT2D eigenvalue weighted by atomic mass is 16.5. The molecule has 0 aliphatic carbocycles. The van der Waals surface area contributed by atoms with E-state index in [-0.39, 0.29) is 11.3 Å². The first kappa shape index (κ1) is 22.0. The average Bonchev–Trinajstić information content (AvgIpc) is 3.05. The van der Waals surface area contributed by atoms with Crippen LogP contribution < -0.4 is 0 Å². The zero-order valence-electron chi connectivity index (χ0n) is 18.3. The lowest BCUT2D eigenvalue weighted by molar-refractivity contribution is -0.140. The Labute approximate surface area is 186 Å². The number of aromatic nitrogens is 3. The van der Waals surface area contributed by atoms with Gasteiger partial charge in [0.15, 0.2) is 0 Å². The highest BCUT2D eigenvalue weighted by Gasteiger charge is 2.46. The number of ether oxygens (including phenoxy) is 1. The number of aliphatic hydroxyl groups is 1. The Hall–Kier alpha value is -3.17. The molecule has 1 N–H and O–H groups in total. The van der Waals surface area contributed by atoms with E-state index in [2.05, 4.69) is 19.9 Å². The quantitative estimate of drug-likeness (QED) is 0.413. The molecule has 2 aromatic heterocycles. The van der Waals surface area contributed by atoms with Crippen LogP contribution in [0.5, 0.6) is 0 Å². The van der Waals surface area contributed by atoms with Crippen LogP contribution in [-0.2, 0) is 14.3 Å². The fraction of sp³-hybridized carbons (Fsp3) is 0.435.